The van der Waals surface area contributed by atoms with Crippen molar-refractivity contribution in [1.29, 1.82) is 0 Å². The molecule has 6 heteroatoms. The number of hydrogen-bond acceptors (Lipinski definition) is 5. The molecule has 0 bridgehead atoms. The zero-order valence-electron chi connectivity index (χ0n) is 14.4. The number of carbonyl (C=O) groups is 1. The van der Waals surface area contributed by atoms with Crippen molar-refractivity contribution in [3.05, 3.63) is 18.4 Å². The highest BCUT2D eigenvalue weighted by Gasteiger charge is 2.45. The summed E-state index contributed by atoms with van der Waals surface area (Å²) < 4.78 is 10.9. The molecule has 0 unspecified atom stereocenters. The van der Waals surface area contributed by atoms with Gasteiger partial charge < -0.3 is 19.0 Å². The second kappa shape index (κ2) is 6.48. The summed E-state index contributed by atoms with van der Waals surface area (Å²) >= 11 is 0. The summed E-state index contributed by atoms with van der Waals surface area (Å²) in [5, 5.41) is 0. The monoisotopic (exact) mass is 333 g/mol. The fraction of sp³-hybridized carbons (Fsp3) is 0.778. The van der Waals surface area contributed by atoms with Gasteiger partial charge in [-0.2, -0.15) is 0 Å². The number of aromatic nitrogens is 1. The van der Waals surface area contributed by atoms with E-state index in [-0.39, 0.29) is 5.91 Å². The van der Waals surface area contributed by atoms with Gasteiger partial charge in [0.15, 0.2) is 12.1 Å². The molecule has 1 atom stereocenters. The van der Waals surface area contributed by atoms with E-state index in [1.165, 1.54) is 31.9 Å². The number of oxazole rings is 1. The molecule has 1 aromatic heterocycles. The van der Waals surface area contributed by atoms with Crippen LogP contribution in [-0.4, -0.2) is 66.6 Å². The summed E-state index contributed by atoms with van der Waals surface area (Å²) in [6.45, 7) is 4.55. The van der Waals surface area contributed by atoms with Gasteiger partial charge in [0.05, 0.1) is 6.61 Å². The van der Waals surface area contributed by atoms with Gasteiger partial charge in [-0.05, 0) is 50.5 Å². The average molecular weight is 333 g/mol. The second-order valence-corrected chi connectivity index (χ2v) is 7.92. The van der Waals surface area contributed by atoms with Crippen molar-refractivity contribution in [2.75, 3.05) is 39.9 Å². The predicted molar refractivity (Wildman–Crippen MR) is 88.7 cm³/mol. The maximum absolute atomic E-state index is 12.4. The lowest BCUT2D eigenvalue weighted by Crippen LogP contribution is -2.44. The molecule has 2 saturated heterocycles. The van der Waals surface area contributed by atoms with E-state index in [1.807, 2.05) is 4.90 Å². The highest BCUT2D eigenvalue weighted by Crippen LogP contribution is 2.43. The first-order chi connectivity index (χ1) is 11.7. The summed E-state index contributed by atoms with van der Waals surface area (Å²) in [5.41, 5.74) is 0.768. The van der Waals surface area contributed by atoms with E-state index >= 15 is 0 Å². The van der Waals surface area contributed by atoms with Crippen molar-refractivity contribution in [2.24, 2.45) is 11.3 Å². The van der Waals surface area contributed by atoms with Gasteiger partial charge in [-0.15, -0.1) is 0 Å². The van der Waals surface area contributed by atoms with Crippen LogP contribution in [0.1, 0.15) is 42.6 Å². The van der Waals surface area contributed by atoms with Crippen molar-refractivity contribution in [2.45, 2.75) is 38.1 Å². The SMILES string of the molecule is CN1CC2(CCN(C(=O)c3cocn3)CC2)C[C@H]1COCC1CC1. The molecule has 24 heavy (non-hydrogen) atoms. The van der Waals surface area contributed by atoms with E-state index in [0.717, 1.165) is 51.6 Å². The van der Waals surface area contributed by atoms with E-state index in [2.05, 4.69) is 16.9 Å². The van der Waals surface area contributed by atoms with Crippen LogP contribution in [0, 0.1) is 11.3 Å². The van der Waals surface area contributed by atoms with Crippen LogP contribution in [0.2, 0.25) is 0 Å². The Morgan fingerprint density at radius 2 is 2.17 bits per heavy atom. The third kappa shape index (κ3) is 3.35. The van der Waals surface area contributed by atoms with E-state index in [9.17, 15) is 4.79 Å². The normalized spacial score (nSPS) is 27.0. The zero-order chi connectivity index (χ0) is 16.6. The van der Waals surface area contributed by atoms with E-state index in [1.54, 1.807) is 0 Å². The molecule has 0 aromatic carbocycles. The minimum absolute atomic E-state index is 0.00531. The van der Waals surface area contributed by atoms with Crippen molar-refractivity contribution in [3.63, 3.8) is 0 Å². The fourth-order valence-corrected chi connectivity index (χ4v) is 4.25. The Labute approximate surface area is 143 Å². The number of carbonyl (C=O) groups excluding carboxylic acids is 1. The minimum atomic E-state index is -0.00531. The summed E-state index contributed by atoms with van der Waals surface area (Å²) in [7, 11) is 2.22. The molecule has 0 radical (unpaired) electrons. The highest BCUT2D eigenvalue weighted by atomic mass is 16.5. The first-order valence-corrected chi connectivity index (χ1v) is 9.11. The van der Waals surface area contributed by atoms with Crippen molar-refractivity contribution < 1.29 is 13.9 Å². The number of likely N-dealkylation sites (N-methyl/N-ethyl adjacent to an activating group) is 1. The number of amides is 1. The van der Waals surface area contributed by atoms with Gasteiger partial charge in [0.25, 0.3) is 5.91 Å². The number of piperidine rings is 1. The lowest BCUT2D eigenvalue weighted by Gasteiger charge is -2.39. The second-order valence-electron chi connectivity index (χ2n) is 7.92. The standard InChI is InChI=1S/C18H27N3O3/c1-20-12-18(8-15(20)10-23-9-14-2-3-14)4-6-21(7-5-18)17(22)16-11-24-13-19-16/h11,13-15H,2-10,12H2,1H3/t15-/m0/s1. The first-order valence-electron chi connectivity index (χ1n) is 9.11. The van der Waals surface area contributed by atoms with Crippen LogP contribution in [0.15, 0.2) is 17.1 Å². The molecule has 1 saturated carbocycles. The molecule has 1 spiro atoms. The Morgan fingerprint density at radius 3 is 2.83 bits per heavy atom. The third-order valence-corrected chi connectivity index (χ3v) is 6.00. The molecule has 6 nitrogen and oxygen atoms in total. The summed E-state index contributed by atoms with van der Waals surface area (Å²) in [6, 6.07) is 0.529. The van der Waals surface area contributed by atoms with Gasteiger partial charge in [-0.1, -0.05) is 0 Å². The van der Waals surface area contributed by atoms with Crippen LogP contribution >= 0.6 is 0 Å². The Hall–Kier alpha value is -1.40. The van der Waals surface area contributed by atoms with Crippen LogP contribution in [-0.2, 0) is 4.74 Å². The molecular formula is C18H27N3O3. The Balaban J connectivity index is 1.29. The summed E-state index contributed by atoms with van der Waals surface area (Å²) in [6.07, 6.45) is 8.78. The number of ether oxygens (including phenoxy) is 1. The molecule has 3 heterocycles. The number of nitrogens with zero attached hydrogens (tertiary/aromatic N) is 3. The van der Waals surface area contributed by atoms with Crippen LogP contribution in [0.25, 0.3) is 0 Å². The van der Waals surface area contributed by atoms with Gasteiger partial charge >= 0.3 is 0 Å². The topological polar surface area (TPSA) is 58.8 Å². The Morgan fingerprint density at radius 1 is 1.38 bits per heavy atom. The van der Waals surface area contributed by atoms with E-state index in [4.69, 9.17) is 9.15 Å². The molecule has 1 aromatic rings. The smallest absolute Gasteiger partial charge is 0.275 e. The number of hydrogen-bond donors (Lipinski definition) is 0. The lowest BCUT2D eigenvalue weighted by atomic mass is 9.76. The van der Waals surface area contributed by atoms with Gasteiger partial charge in [0, 0.05) is 32.3 Å². The fourth-order valence-electron chi connectivity index (χ4n) is 4.25. The molecule has 2 aliphatic heterocycles. The Kier molecular flexibility index (Phi) is 4.35. The van der Waals surface area contributed by atoms with Crippen LogP contribution in [0.3, 0.4) is 0 Å². The molecule has 3 fully saturated rings. The summed E-state index contributed by atoms with van der Waals surface area (Å²) in [5.74, 6) is 0.825. The molecule has 132 valence electrons. The lowest BCUT2D eigenvalue weighted by molar-refractivity contribution is 0.0582. The average Bonchev–Trinajstić information content (AvgIpc) is 3.14. The van der Waals surface area contributed by atoms with E-state index in [0.29, 0.717) is 17.2 Å². The van der Waals surface area contributed by atoms with E-state index < -0.39 is 0 Å². The molecule has 0 N–H and O–H groups in total. The molecule has 3 aliphatic rings. The van der Waals surface area contributed by atoms with Crippen LogP contribution < -0.4 is 0 Å². The Bertz CT molecular complexity index is 562. The highest BCUT2D eigenvalue weighted by molar-refractivity contribution is 5.91. The quantitative estimate of drug-likeness (QED) is 0.825. The van der Waals surface area contributed by atoms with Gasteiger partial charge in [-0.3, -0.25) is 4.79 Å². The summed E-state index contributed by atoms with van der Waals surface area (Å²) in [4.78, 5) is 20.7. The van der Waals surface area contributed by atoms with Gasteiger partial charge in [-0.25, -0.2) is 4.98 Å². The van der Waals surface area contributed by atoms with Crippen molar-refractivity contribution in [3.8, 4) is 0 Å². The zero-order valence-corrected chi connectivity index (χ0v) is 14.4. The minimum Gasteiger partial charge on any atom is -0.451 e. The maximum Gasteiger partial charge on any atom is 0.275 e. The largest absolute Gasteiger partial charge is 0.451 e. The number of likely N-dealkylation sites (tertiary alicyclic amines) is 2. The van der Waals surface area contributed by atoms with Crippen molar-refractivity contribution >= 4 is 5.91 Å². The van der Waals surface area contributed by atoms with Gasteiger partial charge in [0.1, 0.15) is 6.26 Å². The predicted octanol–water partition coefficient (Wildman–Crippen LogP) is 2.03. The van der Waals surface area contributed by atoms with Gasteiger partial charge in [0.2, 0.25) is 0 Å². The third-order valence-electron chi connectivity index (χ3n) is 6.00. The van der Waals surface area contributed by atoms with Crippen LogP contribution in [0.5, 0.6) is 0 Å². The molecule has 1 amide bonds. The molecule has 4 rings (SSSR count). The first kappa shape index (κ1) is 16.1. The molecule has 1 aliphatic carbocycles. The molecular weight excluding hydrogens is 306 g/mol. The number of rotatable bonds is 5. The maximum atomic E-state index is 12.4. The van der Waals surface area contributed by atoms with Crippen LogP contribution in [0.4, 0.5) is 0 Å². The van der Waals surface area contributed by atoms with Crippen molar-refractivity contribution in [1.82, 2.24) is 14.8 Å².